The lowest BCUT2D eigenvalue weighted by Gasteiger charge is -2.33. The van der Waals surface area contributed by atoms with Gasteiger partial charge in [-0.15, -0.1) is 11.8 Å². The van der Waals surface area contributed by atoms with Crippen LogP contribution in [0.2, 0.25) is 0 Å². The minimum atomic E-state index is -3.78. The van der Waals surface area contributed by atoms with Gasteiger partial charge < -0.3 is 10.2 Å². The number of benzene rings is 1. The average Bonchev–Trinajstić information content (AvgIpc) is 2.77. The topological polar surface area (TPSA) is 108 Å². The van der Waals surface area contributed by atoms with Crippen LogP contribution < -0.4 is 10.0 Å². The molecule has 8 nitrogen and oxygen atoms in total. The van der Waals surface area contributed by atoms with Gasteiger partial charge in [0, 0.05) is 36.9 Å². The summed E-state index contributed by atoms with van der Waals surface area (Å²) in [7, 11) is -3.78. The van der Waals surface area contributed by atoms with Gasteiger partial charge in [-0.2, -0.15) is 0 Å². The molecule has 31 heavy (non-hydrogen) atoms. The summed E-state index contributed by atoms with van der Waals surface area (Å²) in [5.74, 6) is -0.0152. The lowest BCUT2D eigenvalue weighted by molar-refractivity contribution is -0.135. The highest BCUT2D eigenvalue weighted by atomic mass is 32.2. The van der Waals surface area contributed by atoms with Crippen LogP contribution in [-0.2, 0) is 26.2 Å². The number of thioether (sulfide) groups is 1. The zero-order valence-corrected chi connectivity index (χ0v) is 18.7. The number of nitrogens with one attached hydrogen (secondary N) is 2. The van der Waals surface area contributed by atoms with Crippen molar-refractivity contribution in [2.75, 3.05) is 18.4 Å². The summed E-state index contributed by atoms with van der Waals surface area (Å²) >= 11 is 1.17. The van der Waals surface area contributed by atoms with Crippen molar-refractivity contribution < 1.29 is 18.0 Å². The molecule has 0 bridgehead atoms. The van der Waals surface area contributed by atoms with Crippen LogP contribution in [0.25, 0.3) is 0 Å². The quantitative estimate of drug-likeness (QED) is 0.663. The van der Waals surface area contributed by atoms with E-state index in [1.807, 2.05) is 0 Å². The monoisotopic (exact) mass is 460 g/mol. The number of pyridine rings is 1. The van der Waals surface area contributed by atoms with Crippen LogP contribution in [0.3, 0.4) is 0 Å². The van der Waals surface area contributed by atoms with Crippen LogP contribution >= 0.6 is 11.8 Å². The Hall–Kier alpha value is -2.43. The van der Waals surface area contributed by atoms with Crippen molar-refractivity contribution in [2.45, 2.75) is 41.4 Å². The van der Waals surface area contributed by atoms with Gasteiger partial charge in [0.1, 0.15) is 0 Å². The van der Waals surface area contributed by atoms with Crippen LogP contribution in [0, 0.1) is 5.92 Å². The maximum atomic E-state index is 12.9. The predicted molar refractivity (Wildman–Crippen MR) is 118 cm³/mol. The highest BCUT2D eigenvalue weighted by molar-refractivity contribution is 8.01. The Kier molecular flexibility index (Phi) is 6.31. The van der Waals surface area contributed by atoms with E-state index in [1.165, 1.54) is 23.9 Å². The highest BCUT2D eigenvalue weighted by Crippen LogP contribution is 2.38. The Labute approximate surface area is 185 Å². The number of anilines is 1. The number of aromatic nitrogens is 1. The number of amides is 2. The Morgan fingerprint density at radius 1 is 1.29 bits per heavy atom. The molecule has 3 heterocycles. The SMILES string of the molecule is CC1CCN(C(=O)[C@H]2Sc3ccc(S(=O)(=O)NCc4cccnc4)cc3NC2=O)CC1. The molecule has 1 saturated heterocycles. The number of hydrogen-bond donors (Lipinski definition) is 2. The fourth-order valence-electron chi connectivity index (χ4n) is 3.58. The Bertz CT molecular complexity index is 1080. The molecule has 1 aromatic carbocycles. The molecule has 0 unspecified atom stereocenters. The van der Waals surface area contributed by atoms with Crippen molar-refractivity contribution in [3.05, 3.63) is 48.3 Å². The third-order valence-electron chi connectivity index (χ3n) is 5.51. The zero-order chi connectivity index (χ0) is 22.0. The Morgan fingerprint density at radius 3 is 2.77 bits per heavy atom. The molecule has 0 spiro atoms. The fraction of sp³-hybridized carbons (Fsp3) is 0.381. The van der Waals surface area contributed by atoms with Crippen molar-refractivity contribution in [1.29, 1.82) is 0 Å². The van der Waals surface area contributed by atoms with E-state index in [9.17, 15) is 18.0 Å². The molecule has 2 amide bonds. The summed E-state index contributed by atoms with van der Waals surface area (Å²) in [6, 6.07) is 8.06. The second kappa shape index (κ2) is 8.97. The first-order valence-corrected chi connectivity index (χ1v) is 12.5. The van der Waals surface area contributed by atoms with Gasteiger partial charge in [0.25, 0.3) is 0 Å². The molecular weight excluding hydrogens is 436 g/mol. The van der Waals surface area contributed by atoms with Gasteiger partial charge in [-0.25, -0.2) is 13.1 Å². The van der Waals surface area contributed by atoms with Gasteiger partial charge in [0.15, 0.2) is 5.25 Å². The van der Waals surface area contributed by atoms with E-state index in [1.54, 1.807) is 35.5 Å². The maximum Gasteiger partial charge on any atom is 0.247 e. The highest BCUT2D eigenvalue weighted by Gasteiger charge is 2.37. The van der Waals surface area contributed by atoms with Crippen LogP contribution in [0.15, 0.2) is 52.5 Å². The summed E-state index contributed by atoms with van der Waals surface area (Å²) in [5, 5.41) is 1.86. The normalized spacial score (nSPS) is 19.6. The molecule has 164 valence electrons. The predicted octanol–water partition coefficient (Wildman–Crippen LogP) is 2.23. The van der Waals surface area contributed by atoms with Gasteiger partial charge in [-0.3, -0.25) is 14.6 Å². The largest absolute Gasteiger partial charge is 0.341 e. The molecule has 2 aromatic rings. The van der Waals surface area contributed by atoms with E-state index < -0.39 is 21.2 Å². The number of carbonyl (C=O) groups is 2. The fourth-order valence-corrected chi connectivity index (χ4v) is 5.67. The molecule has 0 radical (unpaired) electrons. The first kappa shape index (κ1) is 21.8. The second-order valence-electron chi connectivity index (χ2n) is 7.84. The molecule has 2 N–H and O–H groups in total. The number of sulfonamides is 1. The minimum absolute atomic E-state index is 0.0471. The van der Waals surface area contributed by atoms with Crippen LogP contribution in [0.5, 0.6) is 0 Å². The molecule has 2 aliphatic rings. The van der Waals surface area contributed by atoms with E-state index in [-0.39, 0.29) is 17.3 Å². The molecule has 0 saturated carbocycles. The molecule has 2 aliphatic heterocycles. The van der Waals surface area contributed by atoms with Crippen molar-refractivity contribution >= 4 is 39.3 Å². The number of piperidine rings is 1. The zero-order valence-electron chi connectivity index (χ0n) is 17.1. The summed E-state index contributed by atoms with van der Waals surface area (Å²) in [6.07, 6.45) is 5.08. The van der Waals surface area contributed by atoms with Crippen LogP contribution in [-0.4, -0.2) is 48.5 Å². The Balaban J connectivity index is 1.47. The van der Waals surface area contributed by atoms with Gasteiger partial charge in [0.05, 0.1) is 10.6 Å². The number of likely N-dealkylation sites (tertiary alicyclic amines) is 1. The number of carbonyl (C=O) groups excluding carboxylic acids is 2. The maximum absolute atomic E-state index is 12.9. The number of hydrogen-bond acceptors (Lipinski definition) is 6. The van der Waals surface area contributed by atoms with Gasteiger partial charge in [-0.1, -0.05) is 13.0 Å². The summed E-state index contributed by atoms with van der Waals surface area (Å²) in [6.45, 7) is 3.60. The number of nitrogens with zero attached hydrogens (tertiary/aromatic N) is 2. The van der Waals surface area contributed by atoms with E-state index in [0.717, 1.165) is 18.4 Å². The van der Waals surface area contributed by atoms with E-state index >= 15 is 0 Å². The third kappa shape index (κ3) is 4.91. The molecule has 1 fully saturated rings. The second-order valence-corrected chi connectivity index (χ2v) is 10.8. The lowest BCUT2D eigenvalue weighted by Crippen LogP contribution is -2.47. The average molecular weight is 461 g/mol. The molecule has 4 rings (SSSR count). The van der Waals surface area contributed by atoms with Crippen molar-refractivity contribution in [3.63, 3.8) is 0 Å². The first-order valence-electron chi connectivity index (χ1n) is 10.1. The van der Waals surface area contributed by atoms with Gasteiger partial charge in [-0.05, 0) is 48.6 Å². The summed E-state index contributed by atoms with van der Waals surface area (Å²) in [4.78, 5) is 31.9. The van der Waals surface area contributed by atoms with Crippen LogP contribution in [0.1, 0.15) is 25.3 Å². The van der Waals surface area contributed by atoms with E-state index in [2.05, 4.69) is 21.9 Å². The number of fused-ring (bicyclic) bond motifs is 1. The third-order valence-corrected chi connectivity index (χ3v) is 8.17. The van der Waals surface area contributed by atoms with Gasteiger partial charge in [0.2, 0.25) is 21.8 Å². The van der Waals surface area contributed by atoms with Crippen molar-refractivity contribution in [3.8, 4) is 0 Å². The smallest absolute Gasteiger partial charge is 0.247 e. The van der Waals surface area contributed by atoms with Crippen LogP contribution in [0.4, 0.5) is 5.69 Å². The van der Waals surface area contributed by atoms with Crippen molar-refractivity contribution in [1.82, 2.24) is 14.6 Å². The van der Waals surface area contributed by atoms with E-state index in [4.69, 9.17) is 0 Å². The Morgan fingerprint density at radius 2 is 2.06 bits per heavy atom. The molecular formula is C21H24N4O4S2. The number of rotatable bonds is 5. The molecule has 1 atom stereocenters. The van der Waals surface area contributed by atoms with Crippen molar-refractivity contribution in [2.24, 2.45) is 5.92 Å². The minimum Gasteiger partial charge on any atom is -0.341 e. The molecule has 10 heteroatoms. The lowest BCUT2D eigenvalue weighted by atomic mass is 9.99. The standard InChI is InChI=1S/C21H24N4O4S2/c1-14-6-9-25(10-7-14)21(27)19-20(26)24-17-11-16(4-5-18(17)30-19)31(28,29)23-13-15-3-2-8-22-12-15/h2-5,8,11-12,14,19,23H,6-7,9-10,13H2,1H3,(H,24,26)/t19-/m0/s1. The van der Waals surface area contributed by atoms with Gasteiger partial charge >= 0.3 is 0 Å². The summed E-state index contributed by atoms with van der Waals surface area (Å²) in [5.41, 5.74) is 1.14. The molecule has 0 aliphatic carbocycles. The molecule has 1 aromatic heterocycles. The first-order chi connectivity index (χ1) is 14.8. The van der Waals surface area contributed by atoms with E-state index in [0.29, 0.717) is 29.6 Å². The summed E-state index contributed by atoms with van der Waals surface area (Å²) < 4.78 is 27.9.